The van der Waals surface area contributed by atoms with E-state index < -0.39 is 36.2 Å². The topological polar surface area (TPSA) is 134 Å². The van der Waals surface area contributed by atoms with Crippen molar-refractivity contribution in [3.63, 3.8) is 0 Å². The molecule has 0 aromatic heterocycles. The summed E-state index contributed by atoms with van der Waals surface area (Å²) >= 11 is 4.98. The number of carbonyl (C=O) groups excluding carboxylic acids is 1. The smallest absolute Gasteiger partial charge is 0.185 e. The molecule has 116 valence electrons. The van der Waals surface area contributed by atoms with Gasteiger partial charge < -0.3 is 25.7 Å². The van der Waals surface area contributed by atoms with Crippen molar-refractivity contribution in [3.05, 3.63) is 0 Å². The van der Waals surface area contributed by atoms with E-state index in [1.54, 1.807) is 0 Å². The third kappa shape index (κ3) is 4.08. The lowest BCUT2D eigenvalue weighted by atomic mass is 9.85. The van der Waals surface area contributed by atoms with E-state index in [9.17, 15) is 25.2 Å². The maximum Gasteiger partial charge on any atom is 0.185 e. The number of thiocarbonyl (C=S) groups is 1. The molecule has 0 heterocycles. The molecule has 1 unspecified atom stereocenters. The van der Waals surface area contributed by atoms with E-state index in [4.69, 9.17) is 12.2 Å². The zero-order valence-corrected chi connectivity index (χ0v) is 12.3. The van der Waals surface area contributed by atoms with Gasteiger partial charge in [-0.15, -0.1) is 0 Å². The van der Waals surface area contributed by atoms with Crippen LogP contribution in [-0.4, -0.2) is 67.3 Å². The number of Topliss-reactive ketones (excluding diaryl/α,β-unsaturated/α-hetero) is 1. The Labute approximate surface area is 122 Å². The van der Waals surface area contributed by atoms with Crippen LogP contribution in [0.3, 0.4) is 0 Å². The summed E-state index contributed by atoms with van der Waals surface area (Å²) in [6.45, 7) is 5.64. The summed E-state index contributed by atoms with van der Waals surface area (Å²) < 4.78 is 0. The second-order valence-electron chi connectivity index (χ2n) is 5.77. The SMILES string of the molecule is CC(C)(C)NC(=S)NNC1C(=O)[C@@H](O)[C@H](O)[C@H](O)[C@@H]1O. The molecule has 9 heteroatoms. The zero-order valence-electron chi connectivity index (χ0n) is 11.5. The van der Waals surface area contributed by atoms with Crippen molar-refractivity contribution in [2.45, 2.75) is 56.8 Å². The average Bonchev–Trinajstić information content (AvgIpc) is 2.32. The second-order valence-corrected chi connectivity index (χ2v) is 6.18. The molecule has 0 amide bonds. The fraction of sp³-hybridized carbons (Fsp3) is 0.818. The minimum atomic E-state index is -1.77. The molecule has 0 spiro atoms. The Bertz CT molecular complexity index is 387. The van der Waals surface area contributed by atoms with Crippen LogP contribution in [0.4, 0.5) is 0 Å². The van der Waals surface area contributed by atoms with Crippen molar-refractivity contribution in [2.24, 2.45) is 0 Å². The molecule has 7 N–H and O–H groups in total. The number of nitrogens with one attached hydrogen (secondary N) is 3. The van der Waals surface area contributed by atoms with Gasteiger partial charge in [0.25, 0.3) is 0 Å². The number of hydrogen-bond acceptors (Lipinski definition) is 7. The second kappa shape index (κ2) is 6.29. The number of ketones is 1. The Morgan fingerprint density at radius 2 is 1.65 bits per heavy atom. The summed E-state index contributed by atoms with van der Waals surface area (Å²) in [5.41, 5.74) is 4.66. The van der Waals surface area contributed by atoms with Crippen LogP contribution in [0.2, 0.25) is 0 Å². The van der Waals surface area contributed by atoms with Crippen LogP contribution in [0, 0.1) is 0 Å². The van der Waals surface area contributed by atoms with E-state index in [2.05, 4.69) is 16.2 Å². The first kappa shape index (κ1) is 17.2. The number of hydrazine groups is 1. The van der Waals surface area contributed by atoms with Crippen molar-refractivity contribution in [3.8, 4) is 0 Å². The minimum absolute atomic E-state index is 0.188. The molecule has 1 fully saturated rings. The lowest BCUT2D eigenvalue weighted by molar-refractivity contribution is -0.169. The predicted molar refractivity (Wildman–Crippen MR) is 74.6 cm³/mol. The van der Waals surface area contributed by atoms with E-state index in [1.165, 1.54) is 0 Å². The molecule has 0 aromatic rings. The highest BCUT2D eigenvalue weighted by Gasteiger charge is 2.48. The normalized spacial score (nSPS) is 34.8. The molecule has 8 nitrogen and oxygen atoms in total. The first-order chi connectivity index (χ1) is 9.04. The van der Waals surface area contributed by atoms with Crippen LogP contribution >= 0.6 is 12.2 Å². The van der Waals surface area contributed by atoms with Crippen molar-refractivity contribution >= 4 is 23.1 Å². The van der Waals surface area contributed by atoms with Crippen LogP contribution in [0.1, 0.15) is 20.8 Å². The highest BCUT2D eigenvalue weighted by molar-refractivity contribution is 7.80. The standard InChI is InChI=1S/C11H21N3O5S/c1-11(2,3)12-10(20)14-13-4-5(15)7(17)9(19)8(18)6(4)16/h4-5,7-9,13,15,17-19H,1-3H3,(H2,12,14,20)/t4?,5-,7-,8-,9-/m1/s1. The lowest BCUT2D eigenvalue weighted by Crippen LogP contribution is -2.68. The quantitative estimate of drug-likeness (QED) is 0.212. The Morgan fingerprint density at radius 3 is 2.15 bits per heavy atom. The van der Waals surface area contributed by atoms with Gasteiger partial charge in [0.1, 0.15) is 30.5 Å². The van der Waals surface area contributed by atoms with Crippen LogP contribution in [0.5, 0.6) is 0 Å². The molecule has 0 saturated heterocycles. The predicted octanol–water partition coefficient (Wildman–Crippen LogP) is -2.85. The summed E-state index contributed by atoms with van der Waals surface area (Å²) in [6, 6.07) is -1.29. The number of aliphatic hydroxyl groups excluding tert-OH is 4. The van der Waals surface area contributed by atoms with E-state index in [-0.39, 0.29) is 10.7 Å². The molecular weight excluding hydrogens is 286 g/mol. The largest absolute Gasteiger partial charge is 0.388 e. The van der Waals surface area contributed by atoms with Crippen LogP contribution in [0.15, 0.2) is 0 Å². The lowest BCUT2D eigenvalue weighted by Gasteiger charge is -2.37. The third-order valence-electron chi connectivity index (χ3n) is 2.79. The third-order valence-corrected chi connectivity index (χ3v) is 3.00. The molecule has 1 rings (SSSR count). The van der Waals surface area contributed by atoms with Gasteiger partial charge in [0.2, 0.25) is 0 Å². The number of rotatable bonds is 2. The van der Waals surface area contributed by atoms with Gasteiger partial charge in [0.15, 0.2) is 10.9 Å². The Balaban J connectivity index is 2.62. The molecular formula is C11H21N3O5S. The molecule has 0 bridgehead atoms. The van der Waals surface area contributed by atoms with Gasteiger partial charge in [-0.25, -0.2) is 5.43 Å². The Kier molecular flexibility index (Phi) is 5.41. The van der Waals surface area contributed by atoms with Gasteiger partial charge in [0.05, 0.1) is 0 Å². The van der Waals surface area contributed by atoms with E-state index in [0.717, 1.165) is 0 Å². The van der Waals surface area contributed by atoms with Gasteiger partial charge in [-0.1, -0.05) is 0 Å². The maximum atomic E-state index is 11.7. The first-order valence-electron chi connectivity index (χ1n) is 6.14. The van der Waals surface area contributed by atoms with E-state index in [1.807, 2.05) is 20.8 Å². The van der Waals surface area contributed by atoms with Crippen LogP contribution in [0.25, 0.3) is 0 Å². The fourth-order valence-electron chi connectivity index (χ4n) is 1.78. The van der Waals surface area contributed by atoms with Gasteiger partial charge >= 0.3 is 0 Å². The van der Waals surface area contributed by atoms with Gasteiger partial charge in [-0.2, -0.15) is 0 Å². The summed E-state index contributed by atoms with van der Waals surface area (Å²) in [7, 11) is 0. The summed E-state index contributed by atoms with van der Waals surface area (Å²) in [5.74, 6) is -0.832. The summed E-state index contributed by atoms with van der Waals surface area (Å²) in [6.07, 6.45) is -6.68. The van der Waals surface area contributed by atoms with E-state index in [0.29, 0.717) is 0 Å². The molecule has 0 aromatic carbocycles. The fourth-order valence-corrected chi connectivity index (χ4v) is 2.14. The minimum Gasteiger partial charge on any atom is -0.388 e. The highest BCUT2D eigenvalue weighted by Crippen LogP contribution is 2.17. The van der Waals surface area contributed by atoms with Gasteiger partial charge in [-0.3, -0.25) is 10.2 Å². The van der Waals surface area contributed by atoms with Crippen molar-refractivity contribution in [2.75, 3.05) is 0 Å². The Hall–Kier alpha value is -0.840. The zero-order chi connectivity index (χ0) is 15.7. The molecule has 0 radical (unpaired) electrons. The van der Waals surface area contributed by atoms with Gasteiger partial charge in [0, 0.05) is 5.54 Å². The Morgan fingerprint density at radius 1 is 1.10 bits per heavy atom. The number of carbonyl (C=O) groups is 1. The van der Waals surface area contributed by atoms with Crippen molar-refractivity contribution in [1.29, 1.82) is 0 Å². The van der Waals surface area contributed by atoms with Crippen molar-refractivity contribution < 1.29 is 25.2 Å². The molecule has 5 atom stereocenters. The highest BCUT2D eigenvalue weighted by atomic mass is 32.1. The maximum absolute atomic E-state index is 11.7. The monoisotopic (exact) mass is 307 g/mol. The molecule has 1 aliphatic rings. The number of aliphatic hydroxyl groups is 4. The summed E-state index contributed by atoms with van der Waals surface area (Å²) in [5, 5.41) is 41.2. The van der Waals surface area contributed by atoms with Crippen LogP contribution < -0.4 is 16.2 Å². The number of hydrogen-bond donors (Lipinski definition) is 7. The molecule has 0 aliphatic heterocycles. The van der Waals surface area contributed by atoms with Gasteiger partial charge in [-0.05, 0) is 33.0 Å². The molecule has 20 heavy (non-hydrogen) atoms. The van der Waals surface area contributed by atoms with Crippen LogP contribution in [-0.2, 0) is 4.79 Å². The molecule has 1 aliphatic carbocycles. The molecule has 1 saturated carbocycles. The average molecular weight is 307 g/mol. The first-order valence-corrected chi connectivity index (χ1v) is 6.55. The summed E-state index contributed by atoms with van der Waals surface area (Å²) in [4.78, 5) is 11.7. The van der Waals surface area contributed by atoms with Crippen molar-refractivity contribution in [1.82, 2.24) is 16.2 Å². The van der Waals surface area contributed by atoms with E-state index >= 15 is 0 Å².